The summed E-state index contributed by atoms with van der Waals surface area (Å²) in [5.41, 5.74) is -0.0808. The van der Waals surface area contributed by atoms with Crippen LogP contribution in [0.15, 0.2) is 5.38 Å². The maximum absolute atomic E-state index is 12.9. The highest BCUT2D eigenvalue weighted by atomic mass is 32.1. The van der Waals surface area contributed by atoms with E-state index >= 15 is 0 Å². The summed E-state index contributed by atoms with van der Waals surface area (Å²) in [6.07, 6.45) is 4.69. The number of carbonyl (C=O) groups excluding carboxylic acids is 1. The Morgan fingerprint density at radius 1 is 1.32 bits per heavy atom. The Balaban J connectivity index is 1.56. The third-order valence-electron chi connectivity index (χ3n) is 5.25. The maximum Gasteiger partial charge on any atom is 0.267 e. The predicted octanol–water partition coefficient (Wildman–Crippen LogP) is 2.29. The first-order valence-electron chi connectivity index (χ1n) is 8.04. The SMILES string of the molecule is O=C(c1scc2c1OCCO2)N1CCC[C@@]2(CCC[C@H]2O)C1. The van der Waals surface area contributed by atoms with E-state index in [2.05, 4.69) is 0 Å². The molecular formula is C16H21NO4S. The molecular weight excluding hydrogens is 302 g/mol. The molecule has 1 aliphatic carbocycles. The number of piperidine rings is 1. The molecule has 2 atom stereocenters. The van der Waals surface area contributed by atoms with E-state index in [-0.39, 0.29) is 17.4 Å². The molecule has 1 spiro atoms. The molecule has 0 unspecified atom stereocenters. The molecule has 3 heterocycles. The normalized spacial score (nSPS) is 30.8. The number of rotatable bonds is 1. The van der Waals surface area contributed by atoms with Gasteiger partial charge in [0.15, 0.2) is 11.5 Å². The Morgan fingerprint density at radius 3 is 2.95 bits per heavy atom. The number of amides is 1. The fraction of sp³-hybridized carbons (Fsp3) is 0.688. The summed E-state index contributed by atoms with van der Waals surface area (Å²) in [5, 5.41) is 12.2. The van der Waals surface area contributed by atoms with E-state index in [1.54, 1.807) is 0 Å². The number of likely N-dealkylation sites (tertiary alicyclic amines) is 1. The fourth-order valence-corrected chi connectivity index (χ4v) is 4.98. The monoisotopic (exact) mass is 323 g/mol. The molecule has 2 aliphatic heterocycles. The van der Waals surface area contributed by atoms with E-state index in [4.69, 9.17) is 9.47 Å². The van der Waals surface area contributed by atoms with Gasteiger partial charge in [-0.2, -0.15) is 0 Å². The van der Waals surface area contributed by atoms with Gasteiger partial charge < -0.3 is 19.5 Å². The summed E-state index contributed by atoms with van der Waals surface area (Å²) >= 11 is 1.40. The van der Waals surface area contributed by atoms with Crippen molar-refractivity contribution in [3.8, 4) is 11.5 Å². The molecule has 120 valence electrons. The minimum Gasteiger partial charge on any atom is -0.485 e. The minimum absolute atomic E-state index is 0.0231. The lowest BCUT2D eigenvalue weighted by Gasteiger charge is -2.42. The average Bonchev–Trinajstić information content (AvgIpc) is 3.12. The van der Waals surface area contributed by atoms with Crippen molar-refractivity contribution in [2.24, 2.45) is 5.41 Å². The number of ether oxygens (including phenoxy) is 2. The topological polar surface area (TPSA) is 59.0 Å². The molecule has 2 fully saturated rings. The lowest BCUT2D eigenvalue weighted by molar-refractivity contribution is -0.00534. The van der Waals surface area contributed by atoms with Gasteiger partial charge in [0.25, 0.3) is 5.91 Å². The number of aliphatic hydroxyl groups is 1. The number of hydrogen-bond acceptors (Lipinski definition) is 5. The first-order valence-corrected chi connectivity index (χ1v) is 8.92. The van der Waals surface area contributed by atoms with Crippen molar-refractivity contribution in [1.29, 1.82) is 0 Å². The summed E-state index contributed by atoms with van der Waals surface area (Å²) in [6, 6.07) is 0. The van der Waals surface area contributed by atoms with Crippen molar-refractivity contribution in [1.82, 2.24) is 4.90 Å². The van der Waals surface area contributed by atoms with Gasteiger partial charge in [0, 0.05) is 23.9 Å². The smallest absolute Gasteiger partial charge is 0.267 e. The predicted molar refractivity (Wildman–Crippen MR) is 82.7 cm³/mol. The van der Waals surface area contributed by atoms with Gasteiger partial charge in [0.05, 0.1) is 6.10 Å². The van der Waals surface area contributed by atoms with Crippen molar-refractivity contribution < 1.29 is 19.4 Å². The standard InChI is InChI=1S/C16H21NO4S/c18-12-3-1-4-16(12)5-2-6-17(10-16)15(19)14-13-11(9-22-14)20-7-8-21-13/h9,12,18H,1-8,10H2/t12-,16+/m1/s1. The van der Waals surface area contributed by atoms with Crippen molar-refractivity contribution in [2.75, 3.05) is 26.3 Å². The van der Waals surface area contributed by atoms with Crippen LogP contribution in [-0.2, 0) is 0 Å². The van der Waals surface area contributed by atoms with Crippen LogP contribution in [0, 0.1) is 5.41 Å². The van der Waals surface area contributed by atoms with Gasteiger partial charge >= 0.3 is 0 Å². The highest BCUT2D eigenvalue weighted by Gasteiger charge is 2.46. The number of fused-ring (bicyclic) bond motifs is 1. The summed E-state index contributed by atoms with van der Waals surface area (Å²) in [4.78, 5) is 15.4. The Bertz CT molecular complexity index is 587. The summed E-state index contributed by atoms with van der Waals surface area (Å²) < 4.78 is 11.2. The summed E-state index contributed by atoms with van der Waals surface area (Å²) in [6.45, 7) is 2.46. The molecule has 1 saturated carbocycles. The average molecular weight is 323 g/mol. The second kappa shape index (κ2) is 5.42. The van der Waals surface area contributed by atoms with Gasteiger partial charge in [0.1, 0.15) is 18.1 Å². The quantitative estimate of drug-likeness (QED) is 0.861. The van der Waals surface area contributed by atoms with Crippen molar-refractivity contribution in [3.63, 3.8) is 0 Å². The molecule has 1 aromatic rings. The van der Waals surface area contributed by atoms with E-state index < -0.39 is 0 Å². The molecule has 6 heteroatoms. The highest BCUT2D eigenvalue weighted by Crippen LogP contribution is 2.46. The number of carbonyl (C=O) groups is 1. The van der Waals surface area contributed by atoms with Crippen LogP contribution < -0.4 is 9.47 Å². The van der Waals surface area contributed by atoms with Crippen molar-refractivity contribution >= 4 is 17.2 Å². The van der Waals surface area contributed by atoms with Crippen LogP contribution in [0.25, 0.3) is 0 Å². The van der Waals surface area contributed by atoms with Crippen LogP contribution in [0.4, 0.5) is 0 Å². The van der Waals surface area contributed by atoms with Crippen LogP contribution >= 0.6 is 11.3 Å². The fourth-order valence-electron chi connectivity index (χ4n) is 4.08. The Morgan fingerprint density at radius 2 is 2.14 bits per heavy atom. The zero-order valence-electron chi connectivity index (χ0n) is 12.5. The van der Waals surface area contributed by atoms with Gasteiger partial charge in [0.2, 0.25) is 0 Å². The van der Waals surface area contributed by atoms with Gasteiger partial charge in [-0.1, -0.05) is 6.42 Å². The number of aliphatic hydroxyl groups excluding tert-OH is 1. The summed E-state index contributed by atoms with van der Waals surface area (Å²) in [7, 11) is 0. The second-order valence-electron chi connectivity index (χ2n) is 6.56. The molecule has 3 aliphatic rings. The van der Waals surface area contributed by atoms with Gasteiger partial charge in [-0.05, 0) is 25.7 Å². The van der Waals surface area contributed by atoms with Crippen LogP contribution in [0.3, 0.4) is 0 Å². The zero-order chi connectivity index (χ0) is 15.2. The largest absolute Gasteiger partial charge is 0.485 e. The number of thiophene rings is 1. The van der Waals surface area contributed by atoms with E-state index in [9.17, 15) is 9.90 Å². The molecule has 0 bridgehead atoms. The summed E-state index contributed by atoms with van der Waals surface area (Å²) in [5.74, 6) is 1.31. The Hall–Kier alpha value is -1.27. The van der Waals surface area contributed by atoms with E-state index in [1.807, 2.05) is 10.3 Å². The molecule has 1 aromatic heterocycles. The number of nitrogens with zero attached hydrogens (tertiary/aromatic N) is 1. The third kappa shape index (κ3) is 2.20. The molecule has 0 aromatic carbocycles. The highest BCUT2D eigenvalue weighted by molar-refractivity contribution is 7.12. The van der Waals surface area contributed by atoms with E-state index in [1.165, 1.54) is 11.3 Å². The first-order chi connectivity index (χ1) is 10.7. The molecule has 1 amide bonds. The maximum atomic E-state index is 12.9. The van der Waals surface area contributed by atoms with Crippen LogP contribution in [-0.4, -0.2) is 48.3 Å². The molecule has 1 saturated heterocycles. The van der Waals surface area contributed by atoms with E-state index in [0.29, 0.717) is 36.1 Å². The van der Waals surface area contributed by atoms with Gasteiger partial charge in [-0.3, -0.25) is 4.79 Å². The first kappa shape index (κ1) is 14.3. The van der Waals surface area contributed by atoms with Gasteiger partial charge in [-0.15, -0.1) is 11.3 Å². The lowest BCUT2D eigenvalue weighted by atomic mass is 9.76. The molecule has 5 nitrogen and oxygen atoms in total. The van der Waals surface area contributed by atoms with Crippen LogP contribution in [0.2, 0.25) is 0 Å². The van der Waals surface area contributed by atoms with Crippen molar-refractivity contribution in [3.05, 3.63) is 10.3 Å². The molecule has 1 N–H and O–H groups in total. The molecule has 0 radical (unpaired) electrons. The molecule has 22 heavy (non-hydrogen) atoms. The van der Waals surface area contributed by atoms with Crippen molar-refractivity contribution in [2.45, 2.75) is 38.2 Å². The Labute approximate surface area is 133 Å². The Kier molecular flexibility index (Phi) is 3.53. The van der Waals surface area contributed by atoms with Gasteiger partial charge in [-0.25, -0.2) is 0 Å². The van der Waals surface area contributed by atoms with Crippen LogP contribution in [0.1, 0.15) is 41.8 Å². The molecule has 4 rings (SSSR count). The second-order valence-corrected chi connectivity index (χ2v) is 7.44. The minimum atomic E-state index is -0.264. The lowest BCUT2D eigenvalue weighted by Crippen LogP contribution is -2.49. The zero-order valence-corrected chi connectivity index (χ0v) is 13.4. The van der Waals surface area contributed by atoms with E-state index in [0.717, 1.165) is 38.6 Å². The number of hydrogen-bond donors (Lipinski definition) is 1. The van der Waals surface area contributed by atoms with Crippen LogP contribution in [0.5, 0.6) is 11.5 Å². The third-order valence-corrected chi connectivity index (χ3v) is 6.18.